The molecule has 0 unspecified atom stereocenters. The number of hydrogen-bond donors (Lipinski definition) is 2. The van der Waals surface area contributed by atoms with Crippen LogP contribution in [0.15, 0.2) is 33.2 Å². The van der Waals surface area contributed by atoms with Crippen LogP contribution in [0.4, 0.5) is 5.69 Å². The van der Waals surface area contributed by atoms with E-state index in [1.807, 2.05) is 14.0 Å². The normalized spacial score (nSPS) is 11.6. The van der Waals surface area contributed by atoms with E-state index in [4.69, 9.17) is 0 Å². The van der Waals surface area contributed by atoms with Crippen LogP contribution in [0.25, 0.3) is 0 Å². The number of nitrogens with one attached hydrogen (secondary N) is 2. The summed E-state index contributed by atoms with van der Waals surface area (Å²) in [6, 6.07) is 3.42. The van der Waals surface area contributed by atoms with Gasteiger partial charge in [-0.25, -0.2) is 8.42 Å². The largest absolute Gasteiger partial charge is 0.315 e. The third-order valence-electron chi connectivity index (χ3n) is 2.63. The van der Waals surface area contributed by atoms with Crippen LogP contribution in [0.1, 0.15) is 10.4 Å². The van der Waals surface area contributed by atoms with Gasteiger partial charge in [-0.2, -0.15) is 0 Å². The van der Waals surface area contributed by atoms with Crippen LogP contribution >= 0.6 is 27.3 Å². The van der Waals surface area contributed by atoms with Gasteiger partial charge in [0.2, 0.25) is 0 Å². The molecule has 0 atom stereocenters. The van der Waals surface area contributed by atoms with E-state index < -0.39 is 10.0 Å². The molecule has 0 aliphatic rings. The summed E-state index contributed by atoms with van der Waals surface area (Å²) >= 11 is 4.71. The maximum atomic E-state index is 12.4. The zero-order valence-electron chi connectivity index (χ0n) is 11.0. The second-order valence-electron chi connectivity index (χ2n) is 4.18. The first kappa shape index (κ1) is 15.4. The lowest BCUT2D eigenvalue weighted by Crippen LogP contribution is -2.13. The number of nitrogens with zero attached hydrogens (tertiary/aromatic N) is 1. The monoisotopic (exact) mass is 375 g/mol. The number of aromatic nitrogens is 1. The molecule has 2 rings (SSSR count). The minimum Gasteiger partial charge on any atom is -0.315 e. The molecule has 0 saturated heterocycles. The van der Waals surface area contributed by atoms with Gasteiger partial charge in [0.15, 0.2) is 0 Å². The van der Waals surface area contributed by atoms with Gasteiger partial charge in [-0.1, -0.05) is 0 Å². The third kappa shape index (κ3) is 3.38. The fourth-order valence-corrected chi connectivity index (χ4v) is 5.42. The Labute approximate surface area is 130 Å². The highest BCUT2D eigenvalue weighted by Gasteiger charge is 2.21. The molecule has 0 aliphatic carbocycles. The molecule has 2 aromatic heterocycles. The van der Waals surface area contributed by atoms with Crippen molar-refractivity contribution in [1.29, 1.82) is 0 Å². The number of anilines is 1. The topological polar surface area (TPSA) is 71.1 Å². The Bertz CT molecular complexity index is 713. The molecule has 0 fully saturated rings. The molecule has 0 bridgehead atoms. The fraction of sp³-hybridized carbons (Fsp3) is 0.250. The van der Waals surface area contributed by atoms with Crippen LogP contribution in [0.5, 0.6) is 0 Å². The average Bonchev–Trinajstić information content (AvgIpc) is 2.74. The van der Waals surface area contributed by atoms with Crippen LogP contribution < -0.4 is 10.0 Å². The minimum absolute atomic E-state index is 0.246. The van der Waals surface area contributed by atoms with Gasteiger partial charge < -0.3 is 5.32 Å². The summed E-state index contributed by atoms with van der Waals surface area (Å²) in [5, 5.41) is 3.00. The van der Waals surface area contributed by atoms with Crippen molar-refractivity contribution in [3.63, 3.8) is 0 Å². The van der Waals surface area contributed by atoms with Crippen LogP contribution in [-0.2, 0) is 16.6 Å². The average molecular weight is 376 g/mol. The number of thiophene rings is 1. The Morgan fingerprint density at radius 1 is 1.45 bits per heavy atom. The Morgan fingerprint density at radius 3 is 2.85 bits per heavy atom. The quantitative estimate of drug-likeness (QED) is 0.842. The summed E-state index contributed by atoms with van der Waals surface area (Å²) in [7, 11) is -1.80. The van der Waals surface area contributed by atoms with E-state index in [9.17, 15) is 8.42 Å². The second-order valence-corrected chi connectivity index (χ2v) is 8.28. The van der Waals surface area contributed by atoms with E-state index in [0.717, 1.165) is 10.4 Å². The molecule has 0 amide bonds. The van der Waals surface area contributed by atoms with E-state index in [1.54, 1.807) is 18.3 Å². The van der Waals surface area contributed by atoms with Crippen molar-refractivity contribution in [2.45, 2.75) is 18.4 Å². The van der Waals surface area contributed by atoms with E-state index in [1.165, 1.54) is 17.5 Å². The summed E-state index contributed by atoms with van der Waals surface area (Å²) in [6.45, 7) is 2.46. The summed E-state index contributed by atoms with van der Waals surface area (Å²) in [6.07, 6.45) is 3.13. The van der Waals surface area contributed by atoms with Crippen molar-refractivity contribution in [2.24, 2.45) is 0 Å². The maximum Gasteiger partial charge on any atom is 0.263 e. The van der Waals surface area contributed by atoms with Crippen molar-refractivity contribution >= 4 is 43.0 Å². The first-order valence-electron chi connectivity index (χ1n) is 5.80. The zero-order chi connectivity index (χ0) is 14.8. The summed E-state index contributed by atoms with van der Waals surface area (Å²) in [4.78, 5) is 5.13. The SMILES string of the molecule is CNCc1cc(S(=O)(=O)Nc2cnccc2C)c(Br)s1. The predicted octanol–water partition coefficient (Wildman–Crippen LogP) is 2.73. The standard InChI is InChI=1S/C12H14BrN3O2S2/c1-8-3-4-15-7-10(8)16-20(17,18)11-5-9(6-14-2)19-12(11)13/h3-5,7,14,16H,6H2,1-2H3. The molecule has 0 spiro atoms. The minimum atomic E-state index is -3.62. The molecule has 0 aliphatic heterocycles. The number of pyridine rings is 1. The third-order valence-corrected chi connectivity index (χ3v) is 6.25. The summed E-state index contributed by atoms with van der Waals surface area (Å²) in [5.74, 6) is 0. The number of hydrogen-bond acceptors (Lipinski definition) is 5. The van der Waals surface area contributed by atoms with Crippen molar-refractivity contribution < 1.29 is 8.42 Å². The van der Waals surface area contributed by atoms with Crippen molar-refractivity contribution in [1.82, 2.24) is 10.3 Å². The highest BCUT2D eigenvalue weighted by molar-refractivity contribution is 9.11. The fourth-order valence-electron chi connectivity index (χ4n) is 1.61. The molecule has 20 heavy (non-hydrogen) atoms. The lowest BCUT2D eigenvalue weighted by Gasteiger charge is -2.08. The molecule has 0 radical (unpaired) electrons. The predicted molar refractivity (Wildman–Crippen MR) is 84.6 cm³/mol. The summed E-state index contributed by atoms with van der Waals surface area (Å²) in [5.41, 5.74) is 1.31. The molecule has 108 valence electrons. The highest BCUT2D eigenvalue weighted by Crippen LogP contribution is 2.33. The Hall–Kier alpha value is -0.960. The molecular weight excluding hydrogens is 362 g/mol. The van der Waals surface area contributed by atoms with Crippen LogP contribution in [0.2, 0.25) is 0 Å². The van der Waals surface area contributed by atoms with E-state index >= 15 is 0 Å². The number of sulfonamides is 1. The summed E-state index contributed by atoms with van der Waals surface area (Å²) < 4.78 is 28.0. The van der Waals surface area contributed by atoms with Crippen molar-refractivity contribution in [3.05, 3.63) is 38.8 Å². The Kier molecular flexibility index (Phi) is 4.79. The van der Waals surface area contributed by atoms with Crippen molar-refractivity contribution in [3.8, 4) is 0 Å². The Balaban J connectivity index is 2.33. The molecule has 0 aromatic carbocycles. The van der Waals surface area contributed by atoms with Gasteiger partial charge in [0.05, 0.1) is 15.7 Å². The molecule has 2 N–H and O–H groups in total. The Morgan fingerprint density at radius 2 is 2.20 bits per heavy atom. The van der Waals surface area contributed by atoms with Crippen LogP contribution in [0.3, 0.4) is 0 Å². The lowest BCUT2D eigenvalue weighted by atomic mass is 10.3. The van der Waals surface area contributed by atoms with Gasteiger partial charge in [-0.05, 0) is 47.6 Å². The van der Waals surface area contributed by atoms with E-state index in [2.05, 4.69) is 31.0 Å². The first-order valence-corrected chi connectivity index (χ1v) is 8.89. The number of halogens is 1. The van der Waals surface area contributed by atoms with Crippen molar-refractivity contribution in [2.75, 3.05) is 11.8 Å². The zero-order valence-corrected chi connectivity index (χ0v) is 14.2. The maximum absolute atomic E-state index is 12.4. The lowest BCUT2D eigenvalue weighted by molar-refractivity contribution is 0.601. The van der Waals surface area contributed by atoms with Gasteiger partial charge in [0, 0.05) is 17.6 Å². The molecule has 8 heteroatoms. The molecule has 5 nitrogen and oxygen atoms in total. The number of aryl methyl sites for hydroxylation is 1. The van der Waals surface area contributed by atoms with Crippen LogP contribution in [-0.4, -0.2) is 20.4 Å². The second kappa shape index (κ2) is 6.21. The number of rotatable bonds is 5. The molecule has 2 aromatic rings. The first-order chi connectivity index (χ1) is 9.44. The van der Waals surface area contributed by atoms with E-state index in [-0.39, 0.29) is 4.90 Å². The van der Waals surface area contributed by atoms with Gasteiger partial charge in [0.1, 0.15) is 4.90 Å². The van der Waals surface area contributed by atoms with Gasteiger partial charge in [-0.3, -0.25) is 9.71 Å². The van der Waals surface area contributed by atoms with E-state index in [0.29, 0.717) is 16.0 Å². The van der Waals surface area contributed by atoms with Gasteiger partial charge in [0.25, 0.3) is 10.0 Å². The van der Waals surface area contributed by atoms with Gasteiger partial charge >= 0.3 is 0 Å². The molecule has 2 heterocycles. The van der Waals surface area contributed by atoms with Gasteiger partial charge in [-0.15, -0.1) is 11.3 Å². The molecule has 0 saturated carbocycles. The smallest absolute Gasteiger partial charge is 0.263 e. The van der Waals surface area contributed by atoms with Crippen LogP contribution in [0, 0.1) is 6.92 Å². The highest BCUT2D eigenvalue weighted by atomic mass is 79.9. The molecular formula is C12H14BrN3O2S2.